The standard InChI is InChI=1S/C22H29NO8Si/c1-22(2,3)32(6,7)29-14-15-12-18(27-4)20(19(13-15)28-5)31-21(24)30-17-10-8-16(9-11-17)23(25)26/h8-13H,14H2,1-7H3. The van der Waals surface area contributed by atoms with Crippen molar-refractivity contribution in [2.75, 3.05) is 14.2 Å². The minimum atomic E-state index is -1.97. The van der Waals surface area contributed by atoms with Crippen LogP contribution in [0, 0.1) is 10.1 Å². The van der Waals surface area contributed by atoms with E-state index in [-0.39, 0.29) is 33.7 Å². The Balaban J connectivity index is 2.18. The second-order valence-corrected chi connectivity index (χ2v) is 13.4. The third-order valence-corrected chi connectivity index (χ3v) is 9.84. The van der Waals surface area contributed by atoms with Gasteiger partial charge in [-0.1, -0.05) is 20.8 Å². The van der Waals surface area contributed by atoms with Gasteiger partial charge in [-0.25, -0.2) is 4.79 Å². The van der Waals surface area contributed by atoms with Crippen molar-refractivity contribution in [2.24, 2.45) is 0 Å². The molecule has 2 aromatic carbocycles. The van der Waals surface area contributed by atoms with Crippen LogP contribution in [0.5, 0.6) is 23.0 Å². The van der Waals surface area contributed by atoms with Crippen LogP contribution >= 0.6 is 0 Å². The van der Waals surface area contributed by atoms with Crippen LogP contribution in [0.25, 0.3) is 0 Å². The molecule has 0 amide bonds. The first kappa shape index (κ1) is 25.2. The molecule has 174 valence electrons. The maximum Gasteiger partial charge on any atom is 0.519 e. The SMILES string of the molecule is COc1cc(CO[Si](C)(C)C(C)(C)C)cc(OC)c1OC(=O)Oc1ccc([N+](=O)[O-])cc1. The average molecular weight is 464 g/mol. The number of hydrogen-bond acceptors (Lipinski definition) is 8. The van der Waals surface area contributed by atoms with Gasteiger partial charge in [0, 0.05) is 12.1 Å². The summed E-state index contributed by atoms with van der Waals surface area (Å²) in [5, 5.41) is 10.8. The van der Waals surface area contributed by atoms with Crippen molar-refractivity contribution in [3.05, 3.63) is 52.1 Å². The van der Waals surface area contributed by atoms with Crippen molar-refractivity contribution in [2.45, 2.75) is 45.5 Å². The summed E-state index contributed by atoms with van der Waals surface area (Å²) in [5.74, 6) is 0.702. The number of nitrogens with zero attached hydrogens (tertiary/aromatic N) is 1. The Hall–Kier alpha value is -3.11. The molecule has 0 N–H and O–H groups in total. The van der Waals surface area contributed by atoms with E-state index in [1.54, 1.807) is 12.1 Å². The van der Waals surface area contributed by atoms with Crippen LogP contribution in [0.4, 0.5) is 10.5 Å². The number of hydrogen-bond donors (Lipinski definition) is 0. The lowest BCUT2D eigenvalue weighted by Gasteiger charge is -2.36. The van der Waals surface area contributed by atoms with Crippen molar-refractivity contribution in [1.29, 1.82) is 0 Å². The van der Waals surface area contributed by atoms with E-state index in [4.69, 9.17) is 23.4 Å². The molecule has 2 aromatic rings. The Morgan fingerprint density at radius 2 is 1.53 bits per heavy atom. The number of carbonyl (C=O) groups is 1. The number of ether oxygens (including phenoxy) is 4. The van der Waals surface area contributed by atoms with Crippen molar-refractivity contribution in [1.82, 2.24) is 0 Å². The third kappa shape index (κ3) is 6.20. The molecule has 0 aliphatic rings. The Morgan fingerprint density at radius 3 is 1.97 bits per heavy atom. The number of benzene rings is 2. The van der Waals surface area contributed by atoms with Gasteiger partial charge in [-0.2, -0.15) is 0 Å². The number of non-ortho nitro benzene ring substituents is 1. The van der Waals surface area contributed by atoms with Gasteiger partial charge >= 0.3 is 6.16 Å². The van der Waals surface area contributed by atoms with Crippen LogP contribution in [0.2, 0.25) is 18.1 Å². The fourth-order valence-corrected chi connectivity index (χ4v) is 3.40. The van der Waals surface area contributed by atoms with E-state index in [1.807, 2.05) is 0 Å². The molecule has 0 bridgehead atoms. The zero-order valence-corrected chi connectivity index (χ0v) is 20.4. The maximum absolute atomic E-state index is 12.3. The predicted molar refractivity (Wildman–Crippen MR) is 121 cm³/mol. The number of carbonyl (C=O) groups excluding carboxylic acids is 1. The highest BCUT2D eigenvalue weighted by molar-refractivity contribution is 6.74. The molecule has 0 spiro atoms. The molecule has 0 unspecified atom stereocenters. The summed E-state index contributed by atoms with van der Waals surface area (Å²) in [5.41, 5.74) is 0.684. The van der Waals surface area contributed by atoms with Crippen LogP contribution in [0.1, 0.15) is 26.3 Å². The van der Waals surface area contributed by atoms with Gasteiger partial charge in [0.25, 0.3) is 5.69 Å². The van der Waals surface area contributed by atoms with Gasteiger partial charge in [0.1, 0.15) is 5.75 Å². The molecule has 2 rings (SSSR count). The van der Waals surface area contributed by atoms with Crippen LogP contribution < -0.4 is 18.9 Å². The van der Waals surface area contributed by atoms with Crippen molar-refractivity contribution in [3.8, 4) is 23.0 Å². The molecule has 9 nitrogen and oxygen atoms in total. The van der Waals surface area contributed by atoms with Gasteiger partial charge in [0.15, 0.2) is 19.8 Å². The Labute approximate surface area is 188 Å². The molecule has 0 fully saturated rings. The fraction of sp³-hybridized carbons (Fsp3) is 0.409. The lowest BCUT2D eigenvalue weighted by atomic mass is 10.2. The van der Waals surface area contributed by atoms with Gasteiger partial charge in [-0.05, 0) is 48.0 Å². The zero-order chi connectivity index (χ0) is 24.1. The first-order valence-corrected chi connectivity index (χ1v) is 12.8. The first-order chi connectivity index (χ1) is 14.9. The first-order valence-electron chi connectivity index (χ1n) is 9.91. The number of nitro groups is 1. The van der Waals surface area contributed by atoms with Crippen LogP contribution in [0.3, 0.4) is 0 Å². The second-order valence-electron chi connectivity index (χ2n) is 8.58. The van der Waals surface area contributed by atoms with Gasteiger partial charge in [0.2, 0.25) is 5.75 Å². The highest BCUT2D eigenvalue weighted by Gasteiger charge is 2.37. The average Bonchev–Trinajstić information content (AvgIpc) is 2.72. The lowest BCUT2D eigenvalue weighted by molar-refractivity contribution is -0.384. The molecule has 0 aromatic heterocycles. The molecule has 0 heterocycles. The summed E-state index contributed by atoms with van der Waals surface area (Å²) in [7, 11) is 0.926. The Bertz CT molecular complexity index is 942. The third-order valence-electron chi connectivity index (χ3n) is 5.36. The Morgan fingerprint density at radius 1 is 1.00 bits per heavy atom. The minimum Gasteiger partial charge on any atom is -0.493 e. The highest BCUT2D eigenvalue weighted by Crippen LogP contribution is 2.41. The summed E-state index contributed by atoms with van der Waals surface area (Å²) in [6, 6.07) is 8.47. The zero-order valence-electron chi connectivity index (χ0n) is 19.4. The molecule has 0 aliphatic heterocycles. The fourth-order valence-electron chi connectivity index (χ4n) is 2.43. The minimum absolute atomic E-state index is 0.0537. The Kier molecular flexibility index (Phi) is 7.86. The van der Waals surface area contributed by atoms with Crippen LogP contribution in [-0.2, 0) is 11.0 Å². The normalized spacial score (nSPS) is 11.6. The smallest absolute Gasteiger partial charge is 0.493 e. The molecule has 0 atom stereocenters. The van der Waals surface area contributed by atoms with Crippen molar-refractivity contribution >= 4 is 20.2 Å². The number of rotatable bonds is 8. The summed E-state index contributed by atoms with van der Waals surface area (Å²) in [4.78, 5) is 22.5. The largest absolute Gasteiger partial charge is 0.519 e. The summed E-state index contributed by atoms with van der Waals surface area (Å²) < 4.78 is 27.4. The molecule has 0 saturated carbocycles. The van der Waals surface area contributed by atoms with E-state index in [2.05, 4.69) is 33.9 Å². The van der Waals surface area contributed by atoms with Gasteiger partial charge < -0.3 is 23.4 Å². The summed E-state index contributed by atoms with van der Waals surface area (Å²) in [6.45, 7) is 11.2. The topological polar surface area (TPSA) is 106 Å². The molecule has 0 saturated heterocycles. The van der Waals surface area contributed by atoms with E-state index in [1.165, 1.54) is 38.5 Å². The highest BCUT2D eigenvalue weighted by atomic mass is 28.4. The van der Waals surface area contributed by atoms with Crippen molar-refractivity contribution in [3.63, 3.8) is 0 Å². The van der Waals surface area contributed by atoms with E-state index >= 15 is 0 Å². The lowest BCUT2D eigenvalue weighted by Crippen LogP contribution is -2.40. The van der Waals surface area contributed by atoms with Crippen LogP contribution in [-0.4, -0.2) is 33.6 Å². The van der Waals surface area contributed by atoms with E-state index < -0.39 is 19.4 Å². The van der Waals surface area contributed by atoms with Gasteiger partial charge in [-0.15, -0.1) is 0 Å². The molecule has 0 aliphatic carbocycles. The van der Waals surface area contributed by atoms with Crippen molar-refractivity contribution < 1.29 is 33.1 Å². The van der Waals surface area contributed by atoms with E-state index in [0.717, 1.165) is 5.56 Å². The number of nitro benzene ring substituents is 1. The van der Waals surface area contributed by atoms with E-state index in [9.17, 15) is 14.9 Å². The molecule has 10 heteroatoms. The second kappa shape index (κ2) is 10.0. The predicted octanol–water partition coefficient (Wildman–Crippen LogP) is 5.71. The molecular weight excluding hydrogens is 434 g/mol. The summed E-state index contributed by atoms with van der Waals surface area (Å²) >= 11 is 0. The molecule has 0 radical (unpaired) electrons. The quantitative estimate of drug-likeness (QED) is 0.161. The summed E-state index contributed by atoms with van der Waals surface area (Å²) in [6.07, 6.45) is -1.04. The number of methoxy groups -OCH3 is 2. The monoisotopic (exact) mass is 463 g/mol. The van der Waals surface area contributed by atoms with Crippen LogP contribution in [0.15, 0.2) is 36.4 Å². The molecular formula is C22H29NO8Si. The molecule has 32 heavy (non-hydrogen) atoms. The maximum atomic E-state index is 12.3. The van der Waals surface area contributed by atoms with E-state index in [0.29, 0.717) is 6.61 Å². The van der Waals surface area contributed by atoms with Gasteiger partial charge in [0.05, 0.1) is 25.7 Å². The van der Waals surface area contributed by atoms with Gasteiger partial charge in [-0.3, -0.25) is 10.1 Å².